The molecule has 0 saturated carbocycles. The first kappa shape index (κ1) is 17.1. The average molecular weight is 320 g/mol. The smallest absolute Gasteiger partial charge is 0.315 e. The normalized spacial score (nSPS) is 15.6. The van der Waals surface area contributed by atoms with Crippen LogP contribution in [0.4, 0.5) is 4.79 Å². The second-order valence-corrected chi connectivity index (χ2v) is 6.11. The Balaban J connectivity index is 1.83. The summed E-state index contributed by atoms with van der Waals surface area (Å²) in [6.45, 7) is 6.96. The van der Waals surface area contributed by atoms with Gasteiger partial charge in [-0.2, -0.15) is 0 Å². The van der Waals surface area contributed by atoms with Crippen LogP contribution in [0.5, 0.6) is 0 Å². The number of carbonyl (C=O) groups is 2. The van der Waals surface area contributed by atoms with Crippen LogP contribution in [0, 0.1) is 13.8 Å². The standard InChI is InChI=1S/C16H24N4O3/c1-10-7-11(2)18-15(22)13(10)8-17-16(23)19-12(3)9-20-6-4-5-14(20)21/h7,12H,4-6,8-9H2,1-3H3,(H,18,22)(H2,17,19,23). The molecule has 1 unspecified atom stereocenters. The van der Waals surface area contributed by atoms with E-state index in [0.29, 0.717) is 18.5 Å². The third-order valence-corrected chi connectivity index (χ3v) is 3.96. The van der Waals surface area contributed by atoms with Crippen LogP contribution in [-0.2, 0) is 11.3 Å². The second kappa shape index (κ2) is 7.30. The fourth-order valence-electron chi connectivity index (χ4n) is 2.82. The minimum absolute atomic E-state index is 0.140. The number of amides is 3. The number of carbonyl (C=O) groups excluding carboxylic acids is 2. The summed E-state index contributed by atoms with van der Waals surface area (Å²) in [7, 11) is 0. The molecule has 1 aliphatic rings. The molecule has 1 fully saturated rings. The number of aryl methyl sites for hydroxylation is 2. The molecular weight excluding hydrogens is 296 g/mol. The molecule has 2 heterocycles. The fourth-order valence-corrected chi connectivity index (χ4v) is 2.82. The van der Waals surface area contributed by atoms with Gasteiger partial charge in [-0.1, -0.05) is 0 Å². The van der Waals surface area contributed by atoms with Crippen LogP contribution in [0.3, 0.4) is 0 Å². The molecule has 3 amide bonds. The molecule has 1 atom stereocenters. The monoisotopic (exact) mass is 320 g/mol. The molecule has 0 aliphatic carbocycles. The van der Waals surface area contributed by atoms with E-state index in [2.05, 4.69) is 15.6 Å². The number of aromatic amines is 1. The Morgan fingerprint density at radius 1 is 1.39 bits per heavy atom. The number of H-pyrrole nitrogens is 1. The topological polar surface area (TPSA) is 94.3 Å². The van der Waals surface area contributed by atoms with E-state index in [0.717, 1.165) is 24.2 Å². The van der Waals surface area contributed by atoms with Gasteiger partial charge in [0.15, 0.2) is 0 Å². The highest BCUT2D eigenvalue weighted by Gasteiger charge is 2.22. The minimum Gasteiger partial charge on any atom is -0.341 e. The van der Waals surface area contributed by atoms with E-state index in [9.17, 15) is 14.4 Å². The van der Waals surface area contributed by atoms with Crippen LogP contribution in [0.2, 0.25) is 0 Å². The maximum atomic E-state index is 11.9. The number of nitrogens with one attached hydrogen (secondary N) is 3. The van der Waals surface area contributed by atoms with Crippen molar-refractivity contribution in [2.24, 2.45) is 0 Å². The molecule has 2 rings (SSSR count). The third-order valence-electron chi connectivity index (χ3n) is 3.96. The number of nitrogens with zero attached hydrogens (tertiary/aromatic N) is 1. The van der Waals surface area contributed by atoms with Gasteiger partial charge in [0, 0.05) is 36.8 Å². The molecule has 1 aromatic rings. The molecule has 7 heteroatoms. The average Bonchev–Trinajstić information content (AvgIpc) is 2.82. The number of hydrogen-bond donors (Lipinski definition) is 3. The van der Waals surface area contributed by atoms with Gasteiger partial charge in [0.1, 0.15) is 0 Å². The molecule has 3 N–H and O–H groups in total. The first-order chi connectivity index (χ1) is 10.9. The summed E-state index contributed by atoms with van der Waals surface area (Å²) in [5.41, 5.74) is 2.01. The van der Waals surface area contributed by atoms with Crippen molar-refractivity contribution >= 4 is 11.9 Å². The van der Waals surface area contributed by atoms with E-state index < -0.39 is 0 Å². The van der Waals surface area contributed by atoms with Crippen molar-refractivity contribution in [2.75, 3.05) is 13.1 Å². The van der Waals surface area contributed by atoms with Gasteiger partial charge < -0.3 is 20.5 Å². The van der Waals surface area contributed by atoms with Crippen LogP contribution in [-0.4, -0.2) is 41.0 Å². The third kappa shape index (κ3) is 4.58. The number of likely N-dealkylation sites (tertiary alicyclic amines) is 1. The number of hydrogen-bond acceptors (Lipinski definition) is 3. The van der Waals surface area contributed by atoms with Gasteiger partial charge in [-0.3, -0.25) is 9.59 Å². The Bertz CT molecular complexity index is 653. The molecule has 0 radical (unpaired) electrons. The Morgan fingerprint density at radius 2 is 2.13 bits per heavy atom. The number of aromatic nitrogens is 1. The lowest BCUT2D eigenvalue weighted by molar-refractivity contribution is -0.127. The Hall–Kier alpha value is -2.31. The van der Waals surface area contributed by atoms with Gasteiger partial charge in [-0.15, -0.1) is 0 Å². The lowest BCUT2D eigenvalue weighted by Gasteiger charge is -2.21. The van der Waals surface area contributed by atoms with Crippen molar-refractivity contribution in [3.8, 4) is 0 Å². The lowest BCUT2D eigenvalue weighted by Crippen LogP contribution is -2.46. The van der Waals surface area contributed by atoms with E-state index >= 15 is 0 Å². The summed E-state index contributed by atoms with van der Waals surface area (Å²) in [4.78, 5) is 39.9. The highest BCUT2D eigenvalue weighted by atomic mass is 16.2. The summed E-state index contributed by atoms with van der Waals surface area (Å²) in [6.07, 6.45) is 1.47. The summed E-state index contributed by atoms with van der Waals surface area (Å²) in [5.74, 6) is 0.140. The zero-order valence-corrected chi connectivity index (χ0v) is 13.9. The van der Waals surface area contributed by atoms with E-state index in [4.69, 9.17) is 0 Å². The van der Waals surface area contributed by atoms with Crippen LogP contribution < -0.4 is 16.2 Å². The summed E-state index contributed by atoms with van der Waals surface area (Å²) < 4.78 is 0. The largest absolute Gasteiger partial charge is 0.341 e. The first-order valence-electron chi connectivity index (χ1n) is 7.88. The number of pyridine rings is 1. The van der Waals surface area contributed by atoms with E-state index in [-0.39, 0.29) is 30.1 Å². The van der Waals surface area contributed by atoms with Crippen molar-refractivity contribution < 1.29 is 9.59 Å². The maximum absolute atomic E-state index is 11.9. The van der Waals surface area contributed by atoms with Gasteiger partial charge in [0.05, 0.1) is 6.54 Å². The second-order valence-electron chi connectivity index (χ2n) is 6.11. The molecule has 1 aliphatic heterocycles. The van der Waals surface area contributed by atoms with Crippen LogP contribution in [0.1, 0.15) is 36.6 Å². The highest BCUT2D eigenvalue weighted by Crippen LogP contribution is 2.09. The van der Waals surface area contributed by atoms with Crippen molar-refractivity contribution in [3.63, 3.8) is 0 Å². The minimum atomic E-state index is -0.344. The summed E-state index contributed by atoms with van der Waals surface area (Å²) in [5, 5.41) is 5.49. The zero-order chi connectivity index (χ0) is 17.0. The Labute approximate surface area is 135 Å². The molecule has 0 aromatic carbocycles. The van der Waals surface area contributed by atoms with Gasteiger partial charge in [-0.05, 0) is 38.8 Å². The highest BCUT2D eigenvalue weighted by molar-refractivity contribution is 5.78. The summed E-state index contributed by atoms with van der Waals surface area (Å²) >= 11 is 0. The molecule has 0 spiro atoms. The predicted molar refractivity (Wildman–Crippen MR) is 87.2 cm³/mol. The first-order valence-corrected chi connectivity index (χ1v) is 7.88. The Morgan fingerprint density at radius 3 is 2.74 bits per heavy atom. The van der Waals surface area contributed by atoms with Crippen LogP contribution >= 0.6 is 0 Å². The van der Waals surface area contributed by atoms with Gasteiger partial charge in [-0.25, -0.2) is 4.79 Å². The SMILES string of the molecule is Cc1cc(C)c(CNC(=O)NC(C)CN2CCCC2=O)c(=O)[nH]1. The van der Waals surface area contributed by atoms with Gasteiger partial charge >= 0.3 is 6.03 Å². The molecule has 1 aromatic heterocycles. The maximum Gasteiger partial charge on any atom is 0.315 e. The Kier molecular flexibility index (Phi) is 5.41. The van der Waals surface area contributed by atoms with E-state index in [1.54, 1.807) is 4.90 Å². The molecule has 0 bridgehead atoms. The van der Waals surface area contributed by atoms with E-state index in [1.807, 2.05) is 26.8 Å². The molecule has 7 nitrogen and oxygen atoms in total. The van der Waals surface area contributed by atoms with Gasteiger partial charge in [0.25, 0.3) is 5.56 Å². The van der Waals surface area contributed by atoms with E-state index in [1.165, 1.54) is 0 Å². The molecule has 23 heavy (non-hydrogen) atoms. The molecule has 1 saturated heterocycles. The van der Waals surface area contributed by atoms with Crippen molar-refractivity contribution in [1.29, 1.82) is 0 Å². The van der Waals surface area contributed by atoms with Crippen LogP contribution in [0.25, 0.3) is 0 Å². The molecular formula is C16H24N4O3. The quantitative estimate of drug-likeness (QED) is 0.749. The van der Waals surface area contributed by atoms with Crippen LogP contribution in [0.15, 0.2) is 10.9 Å². The van der Waals surface area contributed by atoms with Crippen molar-refractivity contribution in [2.45, 2.75) is 46.2 Å². The number of rotatable bonds is 5. The summed E-state index contributed by atoms with van der Waals surface area (Å²) in [6, 6.07) is 1.38. The zero-order valence-electron chi connectivity index (χ0n) is 13.9. The number of urea groups is 1. The van der Waals surface area contributed by atoms with Crippen molar-refractivity contribution in [3.05, 3.63) is 33.2 Å². The molecule has 126 valence electrons. The lowest BCUT2D eigenvalue weighted by atomic mass is 10.1. The van der Waals surface area contributed by atoms with Crippen molar-refractivity contribution in [1.82, 2.24) is 20.5 Å². The van der Waals surface area contributed by atoms with Gasteiger partial charge in [0.2, 0.25) is 5.91 Å². The fraction of sp³-hybridized carbons (Fsp3) is 0.562. The predicted octanol–water partition coefficient (Wildman–Crippen LogP) is 0.802.